The zero-order valence-corrected chi connectivity index (χ0v) is 10.1. The summed E-state index contributed by atoms with van der Waals surface area (Å²) in [5.41, 5.74) is 5.32. The van der Waals surface area contributed by atoms with Gasteiger partial charge in [-0.3, -0.25) is 9.00 Å². The van der Waals surface area contributed by atoms with E-state index in [2.05, 4.69) is 0 Å². The molecule has 0 aliphatic heterocycles. The zero-order chi connectivity index (χ0) is 11.3. The Kier molecular flexibility index (Phi) is 5.25. The van der Waals surface area contributed by atoms with Crippen molar-refractivity contribution < 1.29 is 9.00 Å². The van der Waals surface area contributed by atoms with Crippen LogP contribution in [0.15, 0.2) is 0 Å². The molecule has 1 fully saturated rings. The van der Waals surface area contributed by atoms with Crippen LogP contribution in [0.25, 0.3) is 0 Å². The fraction of sp³-hybridized carbons (Fsp3) is 0.900. The minimum atomic E-state index is -1.03. The lowest BCUT2D eigenvalue weighted by atomic mass is 10.4. The molecule has 1 rings (SSSR count). The molecule has 2 N–H and O–H groups in total. The van der Waals surface area contributed by atoms with Crippen LogP contribution in [0, 0.1) is 0 Å². The summed E-state index contributed by atoms with van der Waals surface area (Å²) in [5.74, 6) is 0.754. The third-order valence-corrected chi connectivity index (χ3v) is 3.82. The van der Waals surface area contributed by atoms with Crippen molar-refractivity contribution in [3.05, 3.63) is 0 Å². The van der Waals surface area contributed by atoms with Crippen molar-refractivity contribution >= 4 is 16.7 Å². The molecule has 4 nitrogen and oxygen atoms in total. The summed E-state index contributed by atoms with van der Waals surface area (Å²) >= 11 is 0. The Labute approximate surface area is 93.7 Å². The quantitative estimate of drug-likeness (QED) is 0.677. The average Bonchev–Trinajstić information content (AvgIpc) is 3.00. The normalized spacial score (nSPS) is 17.5. The molecule has 0 aromatic carbocycles. The van der Waals surface area contributed by atoms with Crippen molar-refractivity contribution in [1.29, 1.82) is 0 Å². The second-order valence-corrected chi connectivity index (χ2v) is 5.42. The maximum atomic E-state index is 11.7. The van der Waals surface area contributed by atoms with Gasteiger partial charge in [-0.1, -0.05) is 0 Å². The predicted octanol–water partition coefficient (Wildman–Crippen LogP) is 0.0948. The highest BCUT2D eigenvalue weighted by Gasteiger charge is 2.31. The maximum absolute atomic E-state index is 11.7. The van der Waals surface area contributed by atoms with Gasteiger partial charge in [0.1, 0.15) is 5.75 Å². The van der Waals surface area contributed by atoms with E-state index < -0.39 is 10.8 Å². The Balaban J connectivity index is 2.29. The van der Waals surface area contributed by atoms with Gasteiger partial charge in [0.05, 0.1) is 0 Å². The fourth-order valence-corrected chi connectivity index (χ4v) is 2.64. The molecule has 0 aromatic heterocycles. The van der Waals surface area contributed by atoms with Crippen LogP contribution in [-0.2, 0) is 15.6 Å². The predicted molar refractivity (Wildman–Crippen MR) is 62.0 cm³/mol. The maximum Gasteiger partial charge on any atom is 0.235 e. The SMILES string of the molecule is CCN(C(=O)CS(=O)CCCN)C1CC1. The molecule has 1 aliphatic rings. The Morgan fingerprint density at radius 1 is 1.53 bits per heavy atom. The Morgan fingerprint density at radius 2 is 2.20 bits per heavy atom. The number of hydrogen-bond donors (Lipinski definition) is 1. The van der Waals surface area contributed by atoms with Gasteiger partial charge in [0, 0.05) is 29.1 Å². The molecule has 0 saturated heterocycles. The zero-order valence-electron chi connectivity index (χ0n) is 9.28. The fourth-order valence-electron chi connectivity index (χ4n) is 1.56. The van der Waals surface area contributed by atoms with Crippen LogP contribution >= 0.6 is 0 Å². The lowest BCUT2D eigenvalue weighted by Gasteiger charge is -2.19. The Morgan fingerprint density at radius 3 is 2.67 bits per heavy atom. The van der Waals surface area contributed by atoms with Crippen molar-refractivity contribution in [1.82, 2.24) is 4.90 Å². The second kappa shape index (κ2) is 6.23. The van der Waals surface area contributed by atoms with E-state index in [1.54, 1.807) is 0 Å². The van der Waals surface area contributed by atoms with Crippen LogP contribution < -0.4 is 5.73 Å². The summed E-state index contributed by atoms with van der Waals surface area (Å²) < 4.78 is 11.5. The van der Waals surface area contributed by atoms with Gasteiger partial charge in [0.15, 0.2) is 0 Å². The van der Waals surface area contributed by atoms with E-state index in [1.165, 1.54) is 0 Å². The smallest absolute Gasteiger partial charge is 0.235 e. The Hall–Kier alpha value is -0.420. The van der Waals surface area contributed by atoms with Crippen molar-refractivity contribution in [2.45, 2.75) is 32.2 Å². The Bertz CT molecular complexity index is 242. The third-order valence-electron chi connectivity index (χ3n) is 2.51. The summed E-state index contributed by atoms with van der Waals surface area (Å²) in [4.78, 5) is 13.6. The number of nitrogens with zero attached hydrogens (tertiary/aromatic N) is 1. The monoisotopic (exact) mass is 232 g/mol. The largest absolute Gasteiger partial charge is 0.339 e. The molecule has 1 aliphatic carbocycles. The first-order valence-corrected chi connectivity index (χ1v) is 7.02. The van der Waals surface area contributed by atoms with Crippen LogP contribution in [0.4, 0.5) is 0 Å². The highest BCUT2D eigenvalue weighted by atomic mass is 32.2. The van der Waals surface area contributed by atoms with Crippen molar-refractivity contribution in [3.63, 3.8) is 0 Å². The average molecular weight is 232 g/mol. The first kappa shape index (κ1) is 12.6. The molecule has 1 saturated carbocycles. The van der Waals surface area contributed by atoms with Gasteiger partial charge in [0.2, 0.25) is 5.91 Å². The van der Waals surface area contributed by atoms with Gasteiger partial charge in [-0.05, 0) is 32.7 Å². The van der Waals surface area contributed by atoms with E-state index in [-0.39, 0.29) is 11.7 Å². The van der Waals surface area contributed by atoms with Gasteiger partial charge >= 0.3 is 0 Å². The van der Waals surface area contributed by atoms with E-state index in [4.69, 9.17) is 5.73 Å². The van der Waals surface area contributed by atoms with E-state index in [1.807, 2.05) is 11.8 Å². The third kappa shape index (κ3) is 4.30. The topological polar surface area (TPSA) is 63.4 Å². The lowest BCUT2D eigenvalue weighted by molar-refractivity contribution is -0.128. The molecule has 88 valence electrons. The standard InChI is InChI=1S/C10H20N2O2S/c1-2-12(9-4-5-9)10(13)8-15(14)7-3-6-11/h9H,2-8,11H2,1H3. The summed E-state index contributed by atoms with van der Waals surface area (Å²) in [6.07, 6.45) is 2.94. The first-order valence-electron chi connectivity index (χ1n) is 5.53. The first-order chi connectivity index (χ1) is 7.19. The molecule has 0 radical (unpaired) electrons. The van der Waals surface area contributed by atoms with Crippen molar-refractivity contribution in [2.75, 3.05) is 24.6 Å². The summed E-state index contributed by atoms with van der Waals surface area (Å²) in [6.45, 7) is 3.25. The number of nitrogens with two attached hydrogens (primary N) is 1. The van der Waals surface area contributed by atoms with Crippen LogP contribution in [0.5, 0.6) is 0 Å². The van der Waals surface area contributed by atoms with Crippen LogP contribution in [0.2, 0.25) is 0 Å². The molecule has 0 heterocycles. The van der Waals surface area contributed by atoms with Gasteiger partial charge in [-0.15, -0.1) is 0 Å². The highest BCUT2D eigenvalue weighted by Crippen LogP contribution is 2.26. The van der Waals surface area contributed by atoms with E-state index in [0.717, 1.165) is 25.8 Å². The van der Waals surface area contributed by atoms with Crippen molar-refractivity contribution in [2.24, 2.45) is 5.73 Å². The molecule has 15 heavy (non-hydrogen) atoms. The summed E-state index contributed by atoms with van der Waals surface area (Å²) in [7, 11) is -1.03. The van der Waals surface area contributed by atoms with Gasteiger partial charge in [0.25, 0.3) is 0 Å². The molecule has 0 aromatic rings. The molecular formula is C10H20N2O2S. The lowest BCUT2D eigenvalue weighted by Crippen LogP contribution is -2.36. The van der Waals surface area contributed by atoms with Gasteiger partial charge < -0.3 is 10.6 Å². The van der Waals surface area contributed by atoms with E-state index in [0.29, 0.717) is 18.3 Å². The molecule has 5 heteroatoms. The number of amides is 1. The highest BCUT2D eigenvalue weighted by molar-refractivity contribution is 7.85. The molecule has 1 atom stereocenters. The number of rotatable bonds is 7. The van der Waals surface area contributed by atoms with E-state index >= 15 is 0 Å². The van der Waals surface area contributed by atoms with Gasteiger partial charge in [-0.2, -0.15) is 0 Å². The van der Waals surface area contributed by atoms with Crippen molar-refractivity contribution in [3.8, 4) is 0 Å². The molecule has 0 bridgehead atoms. The van der Waals surface area contributed by atoms with Gasteiger partial charge in [-0.25, -0.2) is 0 Å². The minimum Gasteiger partial charge on any atom is -0.339 e. The van der Waals surface area contributed by atoms with Crippen LogP contribution in [-0.4, -0.2) is 45.7 Å². The molecule has 1 unspecified atom stereocenters. The van der Waals surface area contributed by atoms with E-state index in [9.17, 15) is 9.00 Å². The van der Waals surface area contributed by atoms with Crippen LogP contribution in [0.1, 0.15) is 26.2 Å². The molecular weight excluding hydrogens is 212 g/mol. The molecule has 0 spiro atoms. The number of hydrogen-bond acceptors (Lipinski definition) is 3. The van der Waals surface area contributed by atoms with Crippen LogP contribution in [0.3, 0.4) is 0 Å². The second-order valence-electron chi connectivity index (χ2n) is 3.84. The minimum absolute atomic E-state index is 0.0374. The summed E-state index contributed by atoms with van der Waals surface area (Å²) in [6, 6.07) is 0.425. The number of carbonyl (C=O) groups is 1. The molecule has 1 amide bonds. The number of carbonyl (C=O) groups excluding carboxylic acids is 1. The summed E-state index contributed by atoms with van der Waals surface area (Å²) in [5, 5.41) is 0.